The van der Waals surface area contributed by atoms with Crippen molar-refractivity contribution in [2.45, 2.75) is 89.9 Å². The molecule has 1 saturated carbocycles. The Morgan fingerprint density at radius 1 is 1.24 bits per heavy atom. The number of nitrogens with two attached hydrogens (primary N) is 1. The Hall–Kier alpha value is -2.34. The molecular weight excluding hydrogens is 440 g/mol. The molecule has 186 valence electrons. The third-order valence-electron chi connectivity index (χ3n) is 7.56. The van der Waals surface area contributed by atoms with Gasteiger partial charge in [-0.25, -0.2) is 15.0 Å². The number of ether oxygens (including phenoxy) is 3. The molecule has 0 radical (unpaired) electrons. The minimum atomic E-state index is -0.735. The standard InChI is InChI=1S/C23H34N6O5/c1-11(2)28(14-6-13(7-14)12(3)22(30)31)8-15-17-18(34-23(4,5)33-17)21(32-15)29-10-27-16-19(24)25-9-26-20(16)29/h9-15,17-18,21H,6-8H2,1-5H3,(H,30,31)(H2,24,25,26)/t12?,13?,14?,15-,17-,18-,21-/m1/s1. The van der Waals surface area contributed by atoms with Crippen LogP contribution in [0, 0.1) is 11.8 Å². The van der Waals surface area contributed by atoms with Crippen molar-refractivity contribution in [2.75, 3.05) is 12.3 Å². The lowest BCUT2D eigenvalue weighted by molar-refractivity contribution is -0.199. The molecule has 2 aromatic rings. The second-order valence-corrected chi connectivity index (χ2v) is 10.5. The van der Waals surface area contributed by atoms with Crippen molar-refractivity contribution in [3.63, 3.8) is 0 Å². The fourth-order valence-electron chi connectivity index (χ4n) is 5.59. The van der Waals surface area contributed by atoms with Gasteiger partial charge in [-0.05, 0) is 46.5 Å². The fourth-order valence-corrected chi connectivity index (χ4v) is 5.59. The summed E-state index contributed by atoms with van der Waals surface area (Å²) in [4.78, 5) is 26.6. The Labute approximate surface area is 198 Å². The van der Waals surface area contributed by atoms with Crippen LogP contribution in [0.2, 0.25) is 0 Å². The highest BCUT2D eigenvalue weighted by atomic mass is 16.8. The summed E-state index contributed by atoms with van der Waals surface area (Å²) in [6.07, 6.45) is 3.55. The summed E-state index contributed by atoms with van der Waals surface area (Å²) in [7, 11) is 0. The Morgan fingerprint density at radius 3 is 2.62 bits per heavy atom. The van der Waals surface area contributed by atoms with E-state index in [2.05, 4.69) is 33.7 Å². The predicted octanol–water partition coefficient (Wildman–Crippen LogP) is 2.04. The van der Waals surface area contributed by atoms with Crippen LogP contribution in [0.3, 0.4) is 0 Å². The SMILES string of the molecule is CC(C(=O)O)C1CC(N(C[C@H]2O[C@@H](n3cnc4c(N)ncnc43)[C@@H]3OC(C)(C)O[C@@H]32)C(C)C)C1. The zero-order valence-electron chi connectivity index (χ0n) is 20.3. The first-order valence-corrected chi connectivity index (χ1v) is 12.0. The molecule has 2 saturated heterocycles. The van der Waals surface area contributed by atoms with Gasteiger partial charge in [0.15, 0.2) is 23.5 Å². The van der Waals surface area contributed by atoms with Crippen molar-refractivity contribution in [3.8, 4) is 0 Å². The summed E-state index contributed by atoms with van der Waals surface area (Å²) in [6.45, 7) is 10.6. The number of carboxylic acids is 1. The number of anilines is 1. The molecule has 5 rings (SSSR count). The van der Waals surface area contributed by atoms with E-state index in [0.29, 0.717) is 29.6 Å². The van der Waals surface area contributed by atoms with Crippen LogP contribution in [-0.4, -0.2) is 78.2 Å². The highest BCUT2D eigenvalue weighted by Gasteiger charge is 2.57. The number of hydrogen-bond acceptors (Lipinski definition) is 9. The predicted molar refractivity (Wildman–Crippen MR) is 123 cm³/mol. The average Bonchev–Trinajstić information content (AvgIpc) is 3.37. The number of hydrogen-bond donors (Lipinski definition) is 2. The first-order valence-electron chi connectivity index (χ1n) is 12.0. The van der Waals surface area contributed by atoms with Gasteiger partial charge in [0.1, 0.15) is 30.2 Å². The second kappa shape index (κ2) is 8.40. The molecule has 1 unspecified atom stereocenters. The molecule has 2 aromatic heterocycles. The van der Waals surface area contributed by atoms with Gasteiger partial charge in [0.05, 0.1) is 12.2 Å². The Morgan fingerprint density at radius 2 is 1.94 bits per heavy atom. The summed E-state index contributed by atoms with van der Waals surface area (Å²) in [5.41, 5.74) is 7.11. The van der Waals surface area contributed by atoms with Gasteiger partial charge in [0.25, 0.3) is 0 Å². The van der Waals surface area contributed by atoms with E-state index in [-0.39, 0.29) is 36.2 Å². The monoisotopic (exact) mass is 474 g/mol. The summed E-state index contributed by atoms with van der Waals surface area (Å²) in [5, 5.41) is 9.36. The number of aromatic nitrogens is 4. The number of carboxylic acid groups (broad SMARTS) is 1. The number of nitrogens with zero attached hydrogens (tertiary/aromatic N) is 5. The summed E-state index contributed by atoms with van der Waals surface area (Å²) in [6, 6.07) is 0.606. The molecule has 34 heavy (non-hydrogen) atoms. The van der Waals surface area contributed by atoms with Crippen LogP contribution in [0.4, 0.5) is 5.82 Å². The van der Waals surface area contributed by atoms with Gasteiger partial charge < -0.3 is 25.1 Å². The molecular formula is C23H34N6O5. The molecule has 3 N–H and O–H groups in total. The average molecular weight is 475 g/mol. The lowest BCUT2D eigenvalue weighted by Gasteiger charge is -2.47. The summed E-state index contributed by atoms with van der Waals surface area (Å²) >= 11 is 0. The van der Waals surface area contributed by atoms with Gasteiger partial charge >= 0.3 is 5.97 Å². The van der Waals surface area contributed by atoms with E-state index >= 15 is 0 Å². The Bertz CT molecular complexity index is 1070. The number of aliphatic carboxylic acids is 1. The van der Waals surface area contributed by atoms with Gasteiger partial charge in [-0.2, -0.15) is 0 Å². The van der Waals surface area contributed by atoms with E-state index in [4.69, 9.17) is 19.9 Å². The minimum absolute atomic E-state index is 0.209. The van der Waals surface area contributed by atoms with Crippen LogP contribution in [-0.2, 0) is 19.0 Å². The van der Waals surface area contributed by atoms with E-state index in [1.54, 1.807) is 13.3 Å². The largest absolute Gasteiger partial charge is 0.481 e. The first kappa shape index (κ1) is 23.4. The topological polar surface area (TPSA) is 138 Å². The number of imidazole rings is 1. The summed E-state index contributed by atoms with van der Waals surface area (Å²) in [5.74, 6) is -1.25. The fraction of sp³-hybridized carbons (Fsp3) is 0.739. The lowest BCUT2D eigenvalue weighted by atomic mass is 9.72. The van der Waals surface area contributed by atoms with E-state index < -0.39 is 18.0 Å². The van der Waals surface area contributed by atoms with Crippen molar-refractivity contribution >= 4 is 23.0 Å². The third-order valence-corrected chi connectivity index (χ3v) is 7.56. The van der Waals surface area contributed by atoms with Crippen molar-refractivity contribution in [1.82, 2.24) is 24.4 Å². The Balaban J connectivity index is 1.37. The van der Waals surface area contributed by atoms with Gasteiger partial charge in [0.2, 0.25) is 0 Å². The van der Waals surface area contributed by atoms with E-state index in [9.17, 15) is 9.90 Å². The highest BCUT2D eigenvalue weighted by molar-refractivity contribution is 5.81. The van der Waals surface area contributed by atoms with Crippen molar-refractivity contribution in [3.05, 3.63) is 12.7 Å². The van der Waals surface area contributed by atoms with Gasteiger partial charge in [-0.1, -0.05) is 6.92 Å². The highest BCUT2D eigenvalue weighted by Crippen LogP contribution is 2.45. The molecule has 0 amide bonds. The van der Waals surface area contributed by atoms with E-state index in [1.165, 1.54) is 6.33 Å². The summed E-state index contributed by atoms with van der Waals surface area (Å²) < 4.78 is 21.0. The zero-order valence-corrected chi connectivity index (χ0v) is 20.3. The molecule has 0 bridgehead atoms. The third kappa shape index (κ3) is 3.94. The first-order chi connectivity index (χ1) is 16.1. The molecule has 3 aliphatic rings. The van der Waals surface area contributed by atoms with Crippen LogP contribution in [0.15, 0.2) is 12.7 Å². The molecule has 4 heterocycles. The number of rotatable bonds is 7. The van der Waals surface area contributed by atoms with Gasteiger partial charge in [0, 0.05) is 18.6 Å². The van der Waals surface area contributed by atoms with Crippen molar-refractivity contribution in [2.24, 2.45) is 11.8 Å². The van der Waals surface area contributed by atoms with E-state index in [1.807, 2.05) is 18.4 Å². The van der Waals surface area contributed by atoms with Crippen LogP contribution < -0.4 is 5.73 Å². The quantitative estimate of drug-likeness (QED) is 0.613. The normalized spacial score (nSPS) is 33.4. The molecule has 11 heteroatoms. The van der Waals surface area contributed by atoms with Crippen LogP contribution in [0.5, 0.6) is 0 Å². The maximum atomic E-state index is 11.4. The van der Waals surface area contributed by atoms with Crippen molar-refractivity contribution in [1.29, 1.82) is 0 Å². The van der Waals surface area contributed by atoms with Crippen LogP contribution in [0.1, 0.15) is 53.7 Å². The molecule has 0 aromatic carbocycles. The number of nitrogen functional groups attached to an aromatic ring is 1. The van der Waals surface area contributed by atoms with Gasteiger partial charge in [-0.3, -0.25) is 14.3 Å². The zero-order chi connectivity index (χ0) is 24.4. The van der Waals surface area contributed by atoms with Crippen molar-refractivity contribution < 1.29 is 24.1 Å². The lowest BCUT2D eigenvalue weighted by Crippen LogP contribution is -2.53. The number of carbonyl (C=O) groups is 1. The second-order valence-electron chi connectivity index (χ2n) is 10.5. The molecule has 2 aliphatic heterocycles. The van der Waals surface area contributed by atoms with Crippen LogP contribution in [0.25, 0.3) is 11.2 Å². The minimum Gasteiger partial charge on any atom is -0.481 e. The van der Waals surface area contributed by atoms with Crippen LogP contribution >= 0.6 is 0 Å². The molecule has 0 spiro atoms. The van der Waals surface area contributed by atoms with Gasteiger partial charge in [-0.15, -0.1) is 0 Å². The molecule has 5 atom stereocenters. The number of fused-ring (bicyclic) bond motifs is 2. The maximum Gasteiger partial charge on any atom is 0.306 e. The van der Waals surface area contributed by atoms with E-state index in [0.717, 1.165) is 12.8 Å². The molecule has 3 fully saturated rings. The molecule has 1 aliphatic carbocycles. The maximum absolute atomic E-state index is 11.4. The molecule has 11 nitrogen and oxygen atoms in total. The smallest absolute Gasteiger partial charge is 0.306 e. The Kier molecular flexibility index (Phi) is 5.78.